The van der Waals surface area contributed by atoms with Gasteiger partial charge >= 0.3 is 110 Å². The summed E-state index contributed by atoms with van der Waals surface area (Å²) < 4.78 is 2.43. The molecule has 0 aliphatic carbocycles. The van der Waals surface area contributed by atoms with Crippen LogP contribution in [0.1, 0.15) is 27.7 Å². The van der Waals surface area contributed by atoms with Crippen molar-refractivity contribution in [1.29, 1.82) is 0 Å². The van der Waals surface area contributed by atoms with Crippen LogP contribution in [0.25, 0.3) is 10.9 Å². The monoisotopic (exact) mass is 264 g/mol. The van der Waals surface area contributed by atoms with Gasteiger partial charge in [0.15, 0.2) is 0 Å². The molecule has 0 amide bonds. The van der Waals surface area contributed by atoms with Gasteiger partial charge in [-0.2, -0.15) is 0 Å². The van der Waals surface area contributed by atoms with Gasteiger partial charge in [-0.3, -0.25) is 0 Å². The van der Waals surface area contributed by atoms with Gasteiger partial charge in [0.2, 0.25) is 0 Å². The van der Waals surface area contributed by atoms with Gasteiger partial charge in [0.1, 0.15) is 0 Å². The van der Waals surface area contributed by atoms with Gasteiger partial charge in [-0.05, 0) is 0 Å². The quantitative estimate of drug-likeness (QED) is 0.730. The summed E-state index contributed by atoms with van der Waals surface area (Å²) in [5.74, 6) is 0. The third-order valence-corrected chi connectivity index (χ3v) is 13.1. The number of para-hydroxylation sites is 1. The fourth-order valence-electron chi connectivity index (χ4n) is 3.29. The van der Waals surface area contributed by atoms with E-state index in [0.29, 0.717) is 0 Å². The first-order valence-electron chi connectivity index (χ1n) is 7.09. The molecule has 2 aromatic rings. The summed E-state index contributed by atoms with van der Waals surface area (Å²) >= 11 is 0. The normalized spacial score (nSPS) is 14.6. The molecule has 2 rings (SSSR count). The van der Waals surface area contributed by atoms with Crippen LogP contribution < -0.4 is 0 Å². The van der Waals surface area contributed by atoms with Crippen molar-refractivity contribution in [2.75, 3.05) is 24.6 Å². The molecule has 0 aliphatic heterocycles. The Kier molecular flexibility index (Phi) is 3.51. The van der Waals surface area contributed by atoms with E-state index in [9.17, 15) is 0 Å². The average molecular weight is 264 g/mol. The summed E-state index contributed by atoms with van der Waals surface area (Å²) in [6.45, 7) is 7.50. The molecule has 18 heavy (non-hydrogen) atoms. The topological polar surface area (TPSA) is 17.8 Å². The molecule has 0 unspecified atom stereocenters. The number of hydrogen-bond acceptors (Lipinski definition) is 1. The molecule has 3 heteroatoms. The number of benzene rings is 1. The second kappa shape index (κ2) is 4.66. The molecule has 2 nitrogen and oxygen atoms in total. The Balaban J connectivity index is 2.77. The Labute approximate surface area is 110 Å². The van der Waals surface area contributed by atoms with Crippen molar-refractivity contribution in [2.45, 2.75) is 27.7 Å². The van der Waals surface area contributed by atoms with Crippen molar-refractivity contribution < 1.29 is 0 Å². The predicted molar refractivity (Wildman–Crippen MR) is 84.2 cm³/mol. The number of rotatable bonds is 5. The summed E-state index contributed by atoms with van der Waals surface area (Å²) in [4.78, 5) is 0. The molecular weight excluding hydrogens is 239 g/mol. The molecule has 0 fully saturated rings. The predicted octanol–water partition coefficient (Wildman–Crippen LogP) is 4.43. The Hall–Kier alpha value is -0.880. The van der Waals surface area contributed by atoms with Crippen LogP contribution in [0.4, 0.5) is 0 Å². The molecule has 1 aromatic heterocycles. The van der Waals surface area contributed by atoms with Gasteiger partial charge < -0.3 is 0 Å². The van der Waals surface area contributed by atoms with E-state index in [1.165, 1.54) is 35.6 Å². The maximum absolute atomic E-state index is 4.80. The molecule has 0 bridgehead atoms. The van der Waals surface area contributed by atoms with E-state index in [0.717, 1.165) is 0 Å². The number of fused-ring (bicyclic) bond motifs is 1. The fourth-order valence-corrected chi connectivity index (χ4v) is 8.18. The molecule has 0 aliphatic rings. The van der Waals surface area contributed by atoms with Crippen LogP contribution in [0, 0.1) is 0 Å². The zero-order valence-corrected chi connectivity index (χ0v) is 13.0. The second-order valence-electron chi connectivity index (χ2n) is 5.27. The van der Waals surface area contributed by atoms with Crippen LogP contribution in [0.5, 0.6) is 0 Å². The fraction of sp³-hybridized carbons (Fsp3) is 0.533. The van der Waals surface area contributed by atoms with Gasteiger partial charge in [0.05, 0.1) is 0 Å². The van der Waals surface area contributed by atoms with Gasteiger partial charge in [-0.25, -0.2) is 0 Å². The molecule has 0 atom stereocenters. The molecule has 0 radical (unpaired) electrons. The van der Waals surface area contributed by atoms with Crippen LogP contribution in [0.2, 0.25) is 0 Å². The van der Waals surface area contributed by atoms with E-state index in [1.54, 1.807) is 0 Å². The van der Waals surface area contributed by atoms with Gasteiger partial charge in [0, 0.05) is 0 Å². The molecule has 1 aromatic carbocycles. The van der Waals surface area contributed by atoms with E-state index in [4.69, 9.17) is 5.10 Å². The van der Waals surface area contributed by atoms with E-state index in [1.807, 2.05) is 6.20 Å². The third kappa shape index (κ3) is 1.62. The van der Waals surface area contributed by atoms with Crippen molar-refractivity contribution in [3.63, 3.8) is 0 Å². The van der Waals surface area contributed by atoms with Crippen LogP contribution in [0.3, 0.4) is 0 Å². The maximum atomic E-state index is 4.80. The van der Waals surface area contributed by atoms with Crippen molar-refractivity contribution in [3.05, 3.63) is 30.5 Å². The van der Waals surface area contributed by atoms with Gasteiger partial charge in [-0.1, -0.05) is 0 Å². The molecule has 0 saturated heterocycles. The summed E-state index contributed by atoms with van der Waals surface area (Å²) in [6, 6.07) is 8.61. The standard InChI is InChI=1S/C15H25N2P/c1-5-18(6-2,7-3,8-4)17-15-12-10-9-11-14(15)13-16-17/h9-13H,5-8H2,1-4H3. The first kappa shape index (κ1) is 13.5. The SMILES string of the molecule is CCP(CC)(CC)(CC)n1ncc2ccccc21. The minimum atomic E-state index is -1.91. The Morgan fingerprint density at radius 2 is 1.50 bits per heavy atom. The van der Waals surface area contributed by atoms with E-state index in [2.05, 4.69) is 56.4 Å². The van der Waals surface area contributed by atoms with Crippen molar-refractivity contribution >= 4 is 17.7 Å². The summed E-state index contributed by atoms with van der Waals surface area (Å²) in [7, 11) is 0. The molecule has 0 N–H and O–H groups in total. The average Bonchev–Trinajstić information content (AvgIpc) is 2.88. The Bertz CT molecular complexity index is 517. The van der Waals surface area contributed by atoms with Gasteiger partial charge in [-0.15, -0.1) is 0 Å². The van der Waals surface area contributed by atoms with Crippen molar-refractivity contribution in [2.24, 2.45) is 0 Å². The molecule has 0 spiro atoms. The summed E-state index contributed by atoms with van der Waals surface area (Å²) in [5.41, 5.74) is 1.32. The summed E-state index contributed by atoms with van der Waals surface area (Å²) in [5, 5.41) is 6.07. The van der Waals surface area contributed by atoms with E-state index < -0.39 is 6.75 Å². The molecule has 1 heterocycles. The molecular formula is C15H25N2P. The zero-order valence-electron chi connectivity index (χ0n) is 12.1. The number of aromatic nitrogens is 2. The minimum absolute atomic E-state index is 1.25. The first-order chi connectivity index (χ1) is 8.65. The van der Waals surface area contributed by atoms with Crippen LogP contribution in [-0.4, -0.2) is 34.2 Å². The third-order valence-electron chi connectivity index (χ3n) is 5.24. The van der Waals surface area contributed by atoms with E-state index in [-0.39, 0.29) is 0 Å². The van der Waals surface area contributed by atoms with Crippen LogP contribution in [0.15, 0.2) is 30.5 Å². The molecule has 0 saturated carbocycles. The second-order valence-corrected chi connectivity index (χ2v) is 12.0. The summed E-state index contributed by atoms with van der Waals surface area (Å²) in [6.07, 6.45) is 7.04. The number of hydrogen-bond donors (Lipinski definition) is 0. The van der Waals surface area contributed by atoms with Crippen LogP contribution in [-0.2, 0) is 0 Å². The van der Waals surface area contributed by atoms with E-state index >= 15 is 0 Å². The zero-order chi connectivity index (χ0) is 13.3. The van der Waals surface area contributed by atoms with Gasteiger partial charge in [0.25, 0.3) is 0 Å². The first-order valence-corrected chi connectivity index (χ1v) is 10.0. The number of nitrogens with zero attached hydrogens (tertiary/aromatic N) is 2. The Morgan fingerprint density at radius 3 is 2.06 bits per heavy atom. The van der Waals surface area contributed by atoms with Crippen molar-refractivity contribution in [1.82, 2.24) is 9.55 Å². The van der Waals surface area contributed by atoms with Crippen LogP contribution >= 0.6 is 6.75 Å². The Morgan fingerprint density at radius 1 is 0.944 bits per heavy atom. The van der Waals surface area contributed by atoms with Crippen molar-refractivity contribution in [3.8, 4) is 0 Å². The molecule has 100 valence electrons.